The van der Waals surface area contributed by atoms with Crippen molar-refractivity contribution >= 4 is 5.91 Å². The Morgan fingerprint density at radius 1 is 1.57 bits per heavy atom. The van der Waals surface area contributed by atoms with E-state index in [0.717, 1.165) is 19.4 Å². The van der Waals surface area contributed by atoms with E-state index in [1.165, 1.54) is 12.8 Å². The molecular formula is C11H22N2O. The second kappa shape index (κ2) is 4.78. The maximum absolute atomic E-state index is 11.1. The Kier molecular flexibility index (Phi) is 3.93. The van der Waals surface area contributed by atoms with Gasteiger partial charge in [0.15, 0.2) is 0 Å². The van der Waals surface area contributed by atoms with Crippen LogP contribution in [0.3, 0.4) is 0 Å². The van der Waals surface area contributed by atoms with Gasteiger partial charge in [0.1, 0.15) is 0 Å². The third-order valence-corrected chi connectivity index (χ3v) is 3.47. The molecule has 1 fully saturated rings. The van der Waals surface area contributed by atoms with Gasteiger partial charge >= 0.3 is 0 Å². The van der Waals surface area contributed by atoms with Crippen LogP contribution in [-0.4, -0.2) is 18.0 Å². The van der Waals surface area contributed by atoms with Crippen LogP contribution < -0.4 is 11.1 Å². The van der Waals surface area contributed by atoms with Gasteiger partial charge in [-0.05, 0) is 25.3 Å². The summed E-state index contributed by atoms with van der Waals surface area (Å²) in [5.74, 6) is 0.446. The molecule has 0 heterocycles. The summed E-state index contributed by atoms with van der Waals surface area (Å²) in [6.07, 6.45) is 5.19. The fraction of sp³-hybridized carbons (Fsp3) is 0.909. The van der Waals surface area contributed by atoms with Crippen molar-refractivity contribution in [3.8, 4) is 0 Å². The Hall–Kier alpha value is -0.570. The largest absolute Gasteiger partial charge is 0.370 e. The minimum Gasteiger partial charge on any atom is -0.370 e. The van der Waals surface area contributed by atoms with E-state index in [9.17, 15) is 4.79 Å². The summed E-state index contributed by atoms with van der Waals surface area (Å²) in [7, 11) is 0. The molecule has 1 amide bonds. The molecule has 0 aromatic carbocycles. The number of nitrogens with one attached hydrogen (secondary N) is 1. The lowest BCUT2D eigenvalue weighted by Crippen LogP contribution is -2.50. The molecule has 2 atom stereocenters. The van der Waals surface area contributed by atoms with Gasteiger partial charge in [0, 0.05) is 12.0 Å². The molecule has 3 heteroatoms. The van der Waals surface area contributed by atoms with Crippen molar-refractivity contribution in [2.75, 3.05) is 6.54 Å². The van der Waals surface area contributed by atoms with Gasteiger partial charge in [0.25, 0.3) is 0 Å². The van der Waals surface area contributed by atoms with Crippen LogP contribution in [0.1, 0.15) is 46.0 Å². The van der Waals surface area contributed by atoms with Gasteiger partial charge in [-0.15, -0.1) is 0 Å². The van der Waals surface area contributed by atoms with E-state index in [-0.39, 0.29) is 11.4 Å². The monoisotopic (exact) mass is 198 g/mol. The van der Waals surface area contributed by atoms with Crippen LogP contribution >= 0.6 is 0 Å². The third-order valence-electron chi connectivity index (χ3n) is 3.47. The van der Waals surface area contributed by atoms with Crippen LogP contribution in [-0.2, 0) is 4.79 Å². The molecule has 14 heavy (non-hydrogen) atoms. The fourth-order valence-corrected chi connectivity index (χ4v) is 2.93. The SMILES string of the molecule is CCNC1(CC(N)=O)CCCC1CC. The predicted molar refractivity (Wildman–Crippen MR) is 57.9 cm³/mol. The number of carbonyl (C=O) groups is 1. The van der Waals surface area contributed by atoms with Crippen molar-refractivity contribution in [3.05, 3.63) is 0 Å². The maximum atomic E-state index is 11.1. The molecule has 2 unspecified atom stereocenters. The molecule has 1 aliphatic carbocycles. The van der Waals surface area contributed by atoms with Gasteiger partial charge < -0.3 is 11.1 Å². The Bertz CT molecular complexity index is 205. The van der Waals surface area contributed by atoms with Crippen molar-refractivity contribution < 1.29 is 4.79 Å². The topological polar surface area (TPSA) is 55.1 Å². The summed E-state index contributed by atoms with van der Waals surface area (Å²) in [4.78, 5) is 11.1. The lowest BCUT2D eigenvalue weighted by Gasteiger charge is -2.35. The van der Waals surface area contributed by atoms with Crippen molar-refractivity contribution in [3.63, 3.8) is 0 Å². The lowest BCUT2D eigenvalue weighted by molar-refractivity contribution is -0.119. The maximum Gasteiger partial charge on any atom is 0.219 e. The quantitative estimate of drug-likeness (QED) is 0.702. The zero-order chi connectivity index (χ0) is 10.6. The van der Waals surface area contributed by atoms with E-state index in [2.05, 4.69) is 19.2 Å². The third kappa shape index (κ3) is 2.27. The first-order valence-electron chi connectivity index (χ1n) is 5.68. The van der Waals surface area contributed by atoms with Gasteiger partial charge in [-0.25, -0.2) is 0 Å². The van der Waals surface area contributed by atoms with E-state index in [4.69, 9.17) is 5.73 Å². The number of nitrogens with two attached hydrogens (primary N) is 1. The number of hydrogen-bond acceptors (Lipinski definition) is 2. The highest BCUT2D eigenvalue weighted by atomic mass is 16.1. The zero-order valence-corrected chi connectivity index (χ0v) is 9.31. The second-order valence-electron chi connectivity index (χ2n) is 4.33. The molecule has 0 aromatic rings. The van der Waals surface area contributed by atoms with Crippen molar-refractivity contribution in [1.82, 2.24) is 5.32 Å². The molecule has 0 aliphatic heterocycles. The van der Waals surface area contributed by atoms with E-state index < -0.39 is 0 Å². The van der Waals surface area contributed by atoms with Crippen molar-refractivity contribution in [2.45, 2.75) is 51.5 Å². The summed E-state index contributed by atoms with van der Waals surface area (Å²) < 4.78 is 0. The normalized spacial score (nSPS) is 32.0. The van der Waals surface area contributed by atoms with Gasteiger partial charge in [-0.3, -0.25) is 4.79 Å². The zero-order valence-electron chi connectivity index (χ0n) is 9.31. The number of primary amides is 1. The Morgan fingerprint density at radius 2 is 2.29 bits per heavy atom. The van der Waals surface area contributed by atoms with Crippen LogP contribution in [0.5, 0.6) is 0 Å². The summed E-state index contributed by atoms with van der Waals surface area (Å²) >= 11 is 0. The van der Waals surface area contributed by atoms with Gasteiger partial charge in [0.2, 0.25) is 5.91 Å². The molecule has 1 rings (SSSR count). The van der Waals surface area contributed by atoms with E-state index in [1.54, 1.807) is 0 Å². The highest BCUT2D eigenvalue weighted by Gasteiger charge is 2.41. The van der Waals surface area contributed by atoms with Crippen LogP contribution in [0, 0.1) is 5.92 Å². The minimum atomic E-state index is -0.175. The van der Waals surface area contributed by atoms with Crippen molar-refractivity contribution in [1.29, 1.82) is 0 Å². The van der Waals surface area contributed by atoms with Crippen LogP contribution in [0.4, 0.5) is 0 Å². The molecule has 1 saturated carbocycles. The first-order valence-corrected chi connectivity index (χ1v) is 5.68. The van der Waals surface area contributed by atoms with Gasteiger partial charge in [-0.2, -0.15) is 0 Å². The molecule has 3 nitrogen and oxygen atoms in total. The average Bonchev–Trinajstić information content (AvgIpc) is 2.47. The molecular weight excluding hydrogens is 176 g/mol. The second-order valence-corrected chi connectivity index (χ2v) is 4.33. The Morgan fingerprint density at radius 3 is 2.79 bits per heavy atom. The number of carbonyl (C=O) groups excluding carboxylic acids is 1. The minimum absolute atomic E-state index is 0.00926. The molecule has 1 aliphatic rings. The number of hydrogen-bond donors (Lipinski definition) is 2. The van der Waals surface area contributed by atoms with Crippen molar-refractivity contribution in [2.24, 2.45) is 11.7 Å². The summed E-state index contributed by atoms with van der Waals surface area (Å²) in [5, 5.41) is 3.49. The van der Waals surface area contributed by atoms with E-state index in [1.807, 2.05) is 0 Å². The molecule has 0 spiro atoms. The first kappa shape index (κ1) is 11.5. The molecule has 0 saturated heterocycles. The standard InChI is InChI=1S/C11H22N2O/c1-3-9-6-5-7-11(9,13-4-2)8-10(12)14/h9,13H,3-8H2,1-2H3,(H2,12,14). The van der Waals surface area contributed by atoms with Crippen LogP contribution in [0.2, 0.25) is 0 Å². The highest BCUT2D eigenvalue weighted by Crippen LogP contribution is 2.39. The lowest BCUT2D eigenvalue weighted by atomic mass is 9.82. The predicted octanol–water partition coefficient (Wildman–Crippen LogP) is 1.42. The molecule has 3 N–H and O–H groups in total. The molecule has 82 valence electrons. The molecule has 0 aromatic heterocycles. The smallest absolute Gasteiger partial charge is 0.219 e. The summed E-state index contributed by atoms with van der Waals surface area (Å²) in [5.41, 5.74) is 5.33. The average molecular weight is 198 g/mol. The van der Waals surface area contributed by atoms with E-state index >= 15 is 0 Å². The molecule has 0 bridgehead atoms. The molecule has 0 radical (unpaired) electrons. The summed E-state index contributed by atoms with van der Waals surface area (Å²) in [6, 6.07) is 0. The Labute approximate surface area is 86.4 Å². The first-order chi connectivity index (χ1) is 6.64. The number of amides is 1. The van der Waals surface area contributed by atoms with Gasteiger partial charge in [0.05, 0.1) is 0 Å². The van der Waals surface area contributed by atoms with Gasteiger partial charge in [-0.1, -0.05) is 26.7 Å². The Balaban J connectivity index is 2.73. The van der Waals surface area contributed by atoms with E-state index in [0.29, 0.717) is 12.3 Å². The summed E-state index contributed by atoms with van der Waals surface area (Å²) in [6.45, 7) is 5.21. The van der Waals surface area contributed by atoms with Crippen LogP contribution in [0.25, 0.3) is 0 Å². The van der Waals surface area contributed by atoms with Crippen LogP contribution in [0.15, 0.2) is 0 Å². The fourth-order valence-electron chi connectivity index (χ4n) is 2.93. The number of rotatable bonds is 5. The highest BCUT2D eigenvalue weighted by molar-refractivity contribution is 5.75.